The number of carbonyl (C=O) groups excluding carboxylic acids is 1. The number of fused-ring (bicyclic) bond motifs is 1. The molecule has 7 heteroatoms. The highest BCUT2D eigenvalue weighted by atomic mass is 16.5. The smallest absolute Gasteiger partial charge is 0.254 e. The Bertz CT molecular complexity index is 1350. The van der Waals surface area contributed by atoms with Gasteiger partial charge in [0.2, 0.25) is 0 Å². The van der Waals surface area contributed by atoms with Crippen LogP contribution in [0, 0.1) is 17.2 Å². The van der Waals surface area contributed by atoms with Crippen molar-refractivity contribution >= 4 is 5.78 Å². The van der Waals surface area contributed by atoms with Gasteiger partial charge in [-0.25, -0.2) is 9.97 Å². The molecular formula is C32H34N4O3. The molecule has 5 rings (SSSR count). The third-order valence-corrected chi connectivity index (χ3v) is 8.05. The van der Waals surface area contributed by atoms with Gasteiger partial charge in [0, 0.05) is 42.5 Å². The predicted octanol–water partition coefficient (Wildman–Crippen LogP) is 5.76. The Labute approximate surface area is 230 Å². The van der Waals surface area contributed by atoms with Crippen molar-refractivity contribution in [2.75, 3.05) is 7.11 Å². The van der Waals surface area contributed by atoms with Gasteiger partial charge in [-0.2, -0.15) is 5.26 Å². The van der Waals surface area contributed by atoms with E-state index in [9.17, 15) is 10.1 Å². The van der Waals surface area contributed by atoms with Crippen molar-refractivity contribution in [3.63, 3.8) is 0 Å². The minimum absolute atomic E-state index is 0.0778. The summed E-state index contributed by atoms with van der Waals surface area (Å²) in [5.41, 5.74) is 3.99. The average molecular weight is 523 g/mol. The molecule has 2 aromatic carbocycles. The Morgan fingerprint density at radius 2 is 1.87 bits per heavy atom. The van der Waals surface area contributed by atoms with Gasteiger partial charge in [-0.1, -0.05) is 68.7 Å². The second-order valence-corrected chi connectivity index (χ2v) is 10.4. The SMILES string of the molecule is C=C([C@@H](CC1CCCC1)c1ccccc1)N1Cc2ccc(OC)c(OCc3ncccn3)c2C[C@H]1C(=O)C#N. The molecule has 7 nitrogen and oxygen atoms in total. The molecule has 0 amide bonds. The van der Waals surface area contributed by atoms with Gasteiger partial charge in [-0.15, -0.1) is 0 Å². The number of allylic oxidation sites excluding steroid dienone is 1. The van der Waals surface area contributed by atoms with Gasteiger partial charge in [-0.3, -0.25) is 4.79 Å². The van der Waals surface area contributed by atoms with Crippen LogP contribution in [0.2, 0.25) is 0 Å². The highest BCUT2D eigenvalue weighted by molar-refractivity contribution is 5.98. The molecular weight excluding hydrogens is 488 g/mol. The number of aromatic nitrogens is 2. The topological polar surface area (TPSA) is 88.3 Å². The van der Waals surface area contributed by atoms with E-state index in [1.807, 2.05) is 24.3 Å². The van der Waals surface area contributed by atoms with E-state index < -0.39 is 11.8 Å². The van der Waals surface area contributed by atoms with Crippen molar-refractivity contribution in [3.8, 4) is 17.6 Å². The molecule has 2 heterocycles. The van der Waals surface area contributed by atoms with Crippen LogP contribution in [0.25, 0.3) is 0 Å². The molecule has 1 fully saturated rings. The van der Waals surface area contributed by atoms with Crippen LogP contribution in [0.15, 0.2) is 73.2 Å². The number of ether oxygens (including phenoxy) is 2. The van der Waals surface area contributed by atoms with Crippen LogP contribution in [-0.2, 0) is 24.4 Å². The van der Waals surface area contributed by atoms with Crippen LogP contribution in [0.4, 0.5) is 0 Å². The summed E-state index contributed by atoms with van der Waals surface area (Å²) in [4.78, 5) is 23.7. The summed E-state index contributed by atoms with van der Waals surface area (Å²) >= 11 is 0. The summed E-state index contributed by atoms with van der Waals surface area (Å²) in [5.74, 6) is 1.92. The summed E-state index contributed by atoms with van der Waals surface area (Å²) in [7, 11) is 1.59. The first kappa shape index (κ1) is 26.4. The Hall–Kier alpha value is -4.18. The van der Waals surface area contributed by atoms with Gasteiger partial charge in [-0.05, 0) is 35.6 Å². The molecule has 1 aliphatic carbocycles. The van der Waals surface area contributed by atoms with Gasteiger partial charge < -0.3 is 14.4 Å². The summed E-state index contributed by atoms with van der Waals surface area (Å²) < 4.78 is 11.8. The number of hydrogen-bond acceptors (Lipinski definition) is 7. The van der Waals surface area contributed by atoms with Crippen molar-refractivity contribution in [2.24, 2.45) is 5.92 Å². The Balaban J connectivity index is 1.48. The summed E-state index contributed by atoms with van der Waals surface area (Å²) in [5, 5.41) is 9.71. The molecule has 3 aromatic rings. The summed E-state index contributed by atoms with van der Waals surface area (Å²) in [6.07, 6.45) is 9.65. The normalized spacial score (nSPS) is 17.6. The summed E-state index contributed by atoms with van der Waals surface area (Å²) in [6.45, 7) is 5.19. The fourth-order valence-corrected chi connectivity index (χ4v) is 6.02. The van der Waals surface area contributed by atoms with E-state index in [2.05, 4.69) is 45.7 Å². The van der Waals surface area contributed by atoms with Gasteiger partial charge in [0.05, 0.1) is 7.11 Å². The third kappa shape index (κ3) is 5.80. The van der Waals surface area contributed by atoms with E-state index in [0.29, 0.717) is 36.2 Å². The molecule has 2 aliphatic rings. The van der Waals surface area contributed by atoms with E-state index >= 15 is 0 Å². The number of ketones is 1. The number of nitriles is 1. The molecule has 0 unspecified atom stereocenters. The largest absolute Gasteiger partial charge is 0.493 e. The number of carbonyl (C=O) groups is 1. The van der Waals surface area contributed by atoms with Crippen LogP contribution < -0.4 is 9.47 Å². The third-order valence-electron chi connectivity index (χ3n) is 8.05. The molecule has 2 atom stereocenters. The highest BCUT2D eigenvalue weighted by Gasteiger charge is 2.37. The standard InChI is InChI=1S/C32H34N4O3/c1-22(26(17-23-9-6-7-10-23)24-11-4-3-5-12-24)36-20-25-13-14-30(38-2)32(27(25)18-28(36)29(37)19-33)39-21-31-34-15-8-16-35-31/h3-5,8,11-16,23,26,28H,1,6-7,9-10,17-18,20-21H2,2H3/t26-,28+/m1/s1. The fraction of sp³-hybridized carbons (Fsp3) is 0.375. The molecule has 1 saturated carbocycles. The Morgan fingerprint density at radius 3 is 2.56 bits per heavy atom. The number of rotatable bonds is 10. The van der Waals surface area contributed by atoms with Crippen LogP contribution in [0.3, 0.4) is 0 Å². The first-order valence-electron chi connectivity index (χ1n) is 13.6. The maximum Gasteiger partial charge on any atom is 0.254 e. The molecule has 0 bridgehead atoms. The quantitative estimate of drug-likeness (QED) is 0.313. The lowest BCUT2D eigenvalue weighted by Gasteiger charge is -2.41. The first-order chi connectivity index (χ1) is 19.1. The molecule has 39 heavy (non-hydrogen) atoms. The van der Waals surface area contributed by atoms with E-state index in [0.717, 1.165) is 23.2 Å². The molecule has 0 radical (unpaired) electrons. The van der Waals surface area contributed by atoms with E-state index in [1.165, 1.54) is 31.2 Å². The fourth-order valence-electron chi connectivity index (χ4n) is 6.02. The second-order valence-electron chi connectivity index (χ2n) is 10.4. The lowest BCUT2D eigenvalue weighted by molar-refractivity contribution is -0.118. The lowest BCUT2D eigenvalue weighted by atomic mass is 9.83. The average Bonchev–Trinajstić information content (AvgIpc) is 3.51. The zero-order valence-electron chi connectivity index (χ0n) is 22.4. The van der Waals surface area contributed by atoms with Gasteiger partial charge in [0.25, 0.3) is 5.78 Å². The van der Waals surface area contributed by atoms with Gasteiger partial charge >= 0.3 is 0 Å². The number of Topliss-reactive ketones (excluding diaryl/α,β-unsaturated/α-hetero) is 1. The van der Waals surface area contributed by atoms with E-state index in [1.54, 1.807) is 25.6 Å². The van der Waals surface area contributed by atoms with Crippen LogP contribution in [0.1, 0.15) is 60.5 Å². The Kier molecular flexibility index (Phi) is 8.21. The van der Waals surface area contributed by atoms with Crippen molar-refractivity contribution in [1.29, 1.82) is 5.26 Å². The van der Waals surface area contributed by atoms with Gasteiger partial charge in [0.1, 0.15) is 18.7 Å². The first-order valence-corrected chi connectivity index (χ1v) is 13.6. The van der Waals surface area contributed by atoms with Crippen LogP contribution in [-0.4, -0.2) is 33.8 Å². The van der Waals surface area contributed by atoms with Crippen molar-refractivity contribution in [2.45, 2.75) is 63.6 Å². The zero-order valence-corrected chi connectivity index (χ0v) is 22.4. The van der Waals surface area contributed by atoms with Crippen molar-refractivity contribution in [1.82, 2.24) is 14.9 Å². The van der Waals surface area contributed by atoms with Crippen LogP contribution >= 0.6 is 0 Å². The minimum atomic E-state index is -0.660. The van der Waals surface area contributed by atoms with Crippen molar-refractivity contribution in [3.05, 3.63) is 95.7 Å². The zero-order chi connectivity index (χ0) is 27.2. The Morgan fingerprint density at radius 1 is 1.13 bits per heavy atom. The number of hydrogen-bond donors (Lipinski definition) is 0. The number of benzene rings is 2. The monoisotopic (exact) mass is 522 g/mol. The predicted molar refractivity (Wildman–Crippen MR) is 148 cm³/mol. The maximum absolute atomic E-state index is 13.1. The molecule has 200 valence electrons. The number of nitrogens with zero attached hydrogens (tertiary/aromatic N) is 4. The van der Waals surface area contributed by atoms with Crippen molar-refractivity contribution < 1.29 is 14.3 Å². The molecule has 1 aromatic heterocycles. The second kappa shape index (κ2) is 12.1. The molecule has 1 aliphatic heterocycles. The molecule has 0 spiro atoms. The van der Waals surface area contributed by atoms with E-state index in [-0.39, 0.29) is 12.5 Å². The van der Waals surface area contributed by atoms with Gasteiger partial charge in [0.15, 0.2) is 17.3 Å². The van der Waals surface area contributed by atoms with Crippen LogP contribution in [0.5, 0.6) is 11.5 Å². The molecule has 0 N–H and O–H groups in total. The lowest BCUT2D eigenvalue weighted by Crippen LogP contribution is -2.45. The molecule has 0 saturated heterocycles. The number of methoxy groups -OCH3 is 1. The summed E-state index contributed by atoms with van der Waals surface area (Å²) in [6, 6.07) is 17.3. The minimum Gasteiger partial charge on any atom is -0.493 e. The van der Waals surface area contributed by atoms with E-state index in [4.69, 9.17) is 9.47 Å². The highest BCUT2D eigenvalue weighted by Crippen LogP contribution is 2.43. The maximum atomic E-state index is 13.1.